The van der Waals surface area contributed by atoms with Crippen LogP contribution in [-0.4, -0.2) is 134 Å². The molecular formula is C37H46N14O18P3S3-3. The second-order valence-corrected chi connectivity index (χ2v) is 25.2. The highest BCUT2D eigenvalue weighted by molar-refractivity contribution is 8.32. The number of anilines is 4. The van der Waals surface area contributed by atoms with Gasteiger partial charge in [0.25, 0.3) is 0 Å². The lowest BCUT2D eigenvalue weighted by molar-refractivity contribution is -0.216. The molecule has 15 atom stereocenters. The fourth-order valence-electron chi connectivity index (χ4n) is 8.55. The molecule has 0 bridgehead atoms. The van der Waals surface area contributed by atoms with Gasteiger partial charge in [0.05, 0.1) is 57.2 Å². The number of rotatable bonds is 20. The van der Waals surface area contributed by atoms with Crippen molar-refractivity contribution in [3.63, 3.8) is 0 Å². The Labute approximate surface area is 437 Å². The first-order valence-electron chi connectivity index (χ1n) is 22.3. The Morgan fingerprint density at radius 1 is 0.640 bits per heavy atom. The standard InChI is InChI=1S/C37H49N14O18P3S3/c38-25-1-4-48(35(54)45-25)28-7-17(53)22(64-28)12-60-70(57,73)69-20-10-31(51-16-44-32-33(41)42-15-43-34(32)51)66-24(20)14-62-72(59,75)68-19-9-30(50-6-3-27(40)47-37(50)56)65-23(19)13-61-71(58,74)67-18-8-29(63-21(18)11-52)49-5-2-26(39)46-36(49)55/h1-6,15-24,28-31,52-53H,7-14H2,(H,57,73)(H,58,74)(H,59,75)(H2,38,45,54)(H2,39,46,55)(H2,40,47,56)(H2,41,42,43)/p-3/t17-,18-,19-,20-,21-,22-,23-,24-,28-,29-,30-,31-,70?,71?,72?/m1/s1. The molecule has 408 valence electrons. The van der Waals surface area contributed by atoms with E-state index < -0.39 is 137 Å². The molecule has 75 heavy (non-hydrogen) atoms. The number of aliphatic hydroxyl groups excluding tert-OH is 2. The number of hydrogen-bond donors (Lipinski definition) is 6. The van der Waals surface area contributed by atoms with Gasteiger partial charge in [-0.1, -0.05) is 23.6 Å². The van der Waals surface area contributed by atoms with E-state index in [1.165, 1.54) is 54.0 Å². The fraction of sp³-hybridized carbons (Fsp3) is 0.541. The van der Waals surface area contributed by atoms with Crippen molar-refractivity contribution in [2.45, 2.75) is 99.4 Å². The number of aromatic nitrogens is 10. The number of ether oxygens (including phenoxy) is 4. The first-order valence-corrected chi connectivity index (χ1v) is 30.0. The first kappa shape index (κ1) is 55.5. The van der Waals surface area contributed by atoms with Gasteiger partial charge >= 0.3 is 17.1 Å². The van der Waals surface area contributed by atoms with Crippen LogP contribution in [0.2, 0.25) is 0 Å². The molecule has 4 saturated heterocycles. The van der Waals surface area contributed by atoms with E-state index in [0.717, 1.165) is 13.7 Å². The summed E-state index contributed by atoms with van der Waals surface area (Å²) in [5, 5.41) is 20.8. The van der Waals surface area contributed by atoms with Gasteiger partial charge < -0.3 is 101 Å². The molecule has 0 saturated carbocycles. The summed E-state index contributed by atoms with van der Waals surface area (Å²) in [6.45, 7) is -16.2. The van der Waals surface area contributed by atoms with Crippen molar-refractivity contribution in [2.24, 2.45) is 0 Å². The van der Waals surface area contributed by atoms with Gasteiger partial charge in [0.15, 0.2) is 18.3 Å². The molecule has 5 aromatic heterocycles. The molecule has 32 nitrogen and oxygen atoms in total. The van der Waals surface area contributed by atoms with Crippen LogP contribution in [0.15, 0.2) is 63.8 Å². The van der Waals surface area contributed by atoms with Crippen LogP contribution in [-0.2, 0) is 86.5 Å². The summed E-state index contributed by atoms with van der Waals surface area (Å²) in [6, 6.07) is 4.05. The second kappa shape index (κ2) is 22.6. The van der Waals surface area contributed by atoms with Gasteiger partial charge in [-0.05, 0) is 18.2 Å². The van der Waals surface area contributed by atoms with Crippen LogP contribution >= 0.6 is 20.2 Å². The van der Waals surface area contributed by atoms with Gasteiger partial charge in [-0.15, -0.1) is 0 Å². The summed E-state index contributed by atoms with van der Waals surface area (Å²) in [5.41, 5.74) is 21.1. The summed E-state index contributed by atoms with van der Waals surface area (Å²) in [4.78, 5) is 88.9. The monoisotopic (exact) mass is 1160 g/mol. The number of imidazole rings is 1. The van der Waals surface area contributed by atoms with Gasteiger partial charge in [0.2, 0.25) is 0 Å². The van der Waals surface area contributed by atoms with Crippen molar-refractivity contribution in [1.82, 2.24) is 48.2 Å². The average molecular weight is 1160 g/mol. The van der Waals surface area contributed by atoms with Crippen molar-refractivity contribution in [3.05, 3.63) is 80.9 Å². The zero-order chi connectivity index (χ0) is 53.6. The molecule has 38 heteroatoms. The van der Waals surface area contributed by atoms with Crippen molar-refractivity contribution >= 4 is 90.5 Å². The molecule has 0 amide bonds. The minimum absolute atomic E-state index is 0.0172. The van der Waals surface area contributed by atoms with Crippen molar-refractivity contribution in [2.75, 3.05) is 49.4 Å². The van der Waals surface area contributed by atoms with E-state index in [1.54, 1.807) is 0 Å². The third kappa shape index (κ3) is 13.0. The molecule has 0 spiro atoms. The van der Waals surface area contributed by atoms with Gasteiger partial charge in [-0.2, -0.15) is 15.0 Å². The van der Waals surface area contributed by atoms with E-state index in [1.807, 2.05) is 0 Å². The highest BCUT2D eigenvalue weighted by Gasteiger charge is 2.44. The van der Waals surface area contributed by atoms with E-state index in [0.29, 0.717) is 0 Å². The van der Waals surface area contributed by atoms with Crippen LogP contribution in [0, 0.1) is 0 Å². The predicted octanol–water partition coefficient (Wildman–Crippen LogP) is -2.54. The highest BCUT2D eigenvalue weighted by Crippen LogP contribution is 2.53. The lowest BCUT2D eigenvalue weighted by Crippen LogP contribution is -2.33. The summed E-state index contributed by atoms with van der Waals surface area (Å²) < 4.78 is 77.0. The zero-order valence-electron chi connectivity index (χ0n) is 38.5. The minimum Gasteiger partial charge on any atom is -0.780 e. The third-order valence-corrected chi connectivity index (χ3v) is 16.8. The number of nitrogens with zero attached hydrogens (tertiary/aromatic N) is 10. The first-order chi connectivity index (χ1) is 35.5. The normalized spacial score (nSPS) is 30.4. The Bertz CT molecular complexity index is 3240. The van der Waals surface area contributed by atoms with Gasteiger partial charge in [-0.3, -0.25) is 22.8 Å². The van der Waals surface area contributed by atoms with E-state index in [9.17, 15) is 38.9 Å². The second-order valence-electron chi connectivity index (χ2n) is 17.1. The molecule has 0 radical (unpaired) electrons. The third-order valence-electron chi connectivity index (χ3n) is 12.1. The zero-order valence-corrected chi connectivity index (χ0v) is 43.6. The van der Waals surface area contributed by atoms with Crippen LogP contribution in [0.4, 0.5) is 23.3 Å². The molecule has 0 aliphatic carbocycles. The van der Waals surface area contributed by atoms with Crippen molar-refractivity contribution < 1.29 is 70.7 Å². The van der Waals surface area contributed by atoms with Gasteiger partial charge in [0, 0.05) is 44.3 Å². The van der Waals surface area contributed by atoms with Crippen LogP contribution in [0.5, 0.6) is 0 Å². The Morgan fingerprint density at radius 3 is 1.57 bits per heavy atom. The SMILES string of the molecule is Nc1ccn([C@H]2C[C@@H](O)[C@@H](COP([O-])(=S)O[C@@H]3C[C@H](n4cnc5c(N)ncnc54)O[C@@H]3COP(=O)([S-])O[C@@H]3C[C@H](n4ccc(N)nc4=O)O[C@@H]3COP([O-])(=S)O[C@@H]3C[C@H](n4ccc(N)nc4=O)O[C@@H]3CO)O2)c(=O)n1. The Morgan fingerprint density at radius 2 is 1.07 bits per heavy atom. The summed E-state index contributed by atoms with van der Waals surface area (Å²) >= 11 is 15.8. The number of hydrogen-bond acceptors (Lipinski definition) is 31. The Balaban J connectivity index is 0.882. The molecule has 5 aromatic rings. The fourth-order valence-corrected chi connectivity index (χ4v) is 12.9. The van der Waals surface area contributed by atoms with E-state index in [4.69, 9.17) is 105 Å². The molecule has 3 unspecified atom stereocenters. The lowest BCUT2D eigenvalue weighted by Gasteiger charge is -2.35. The average Bonchev–Trinajstić information content (AvgIpc) is 4.19. The number of aliphatic hydroxyl groups is 2. The molecule has 9 rings (SSSR count). The lowest BCUT2D eigenvalue weighted by atomic mass is 10.2. The smallest absolute Gasteiger partial charge is 0.351 e. The van der Waals surface area contributed by atoms with Crippen LogP contribution in [0.1, 0.15) is 50.6 Å². The Kier molecular flexibility index (Phi) is 16.7. The van der Waals surface area contributed by atoms with Gasteiger partial charge in [-0.25, -0.2) is 29.3 Å². The largest absolute Gasteiger partial charge is 0.780 e. The molecular weight excluding hydrogens is 1120 g/mol. The van der Waals surface area contributed by atoms with Crippen LogP contribution in [0.3, 0.4) is 0 Å². The topological polar surface area (TPSA) is 448 Å². The molecule has 4 aliphatic rings. The number of nitrogen functional groups attached to an aromatic ring is 4. The predicted molar refractivity (Wildman–Crippen MR) is 262 cm³/mol. The maximum absolute atomic E-state index is 14.2. The molecule has 9 heterocycles. The highest BCUT2D eigenvalue weighted by atomic mass is 32.7. The molecule has 10 N–H and O–H groups in total. The Hall–Kier alpha value is -4.29. The van der Waals surface area contributed by atoms with Crippen LogP contribution in [0.25, 0.3) is 11.2 Å². The van der Waals surface area contributed by atoms with E-state index in [-0.39, 0.29) is 60.1 Å². The number of fused-ring (bicyclic) bond motifs is 1. The van der Waals surface area contributed by atoms with Crippen LogP contribution < -0.4 is 49.8 Å². The van der Waals surface area contributed by atoms with Crippen molar-refractivity contribution in [3.8, 4) is 0 Å². The summed E-state index contributed by atoms with van der Waals surface area (Å²) in [7, 11) is 0. The van der Waals surface area contributed by atoms with E-state index >= 15 is 0 Å². The molecule has 4 fully saturated rings. The summed E-state index contributed by atoms with van der Waals surface area (Å²) in [5.74, 6) is -0.0817. The summed E-state index contributed by atoms with van der Waals surface area (Å²) in [6.07, 6.45) is -7.98. The minimum atomic E-state index is -4.67. The maximum atomic E-state index is 14.2. The number of nitrogens with two attached hydrogens (primary N) is 4. The maximum Gasteiger partial charge on any atom is 0.351 e. The van der Waals surface area contributed by atoms with Crippen molar-refractivity contribution in [1.29, 1.82) is 0 Å². The van der Waals surface area contributed by atoms with E-state index in [2.05, 4.69) is 29.9 Å². The van der Waals surface area contributed by atoms with Gasteiger partial charge in [0.1, 0.15) is 92.1 Å². The molecule has 0 aromatic carbocycles. The molecule has 4 aliphatic heterocycles. The quantitative estimate of drug-likeness (QED) is 0.0345.